The third kappa shape index (κ3) is 5.18. The third-order valence-electron chi connectivity index (χ3n) is 6.14. The summed E-state index contributed by atoms with van der Waals surface area (Å²) in [6.45, 7) is 5.33. The molecule has 0 bridgehead atoms. The molecule has 0 saturated carbocycles. The van der Waals surface area contributed by atoms with Gasteiger partial charge >= 0.3 is 0 Å². The normalized spacial score (nSPS) is 18.6. The molecule has 2 aromatic heterocycles. The van der Waals surface area contributed by atoms with Crippen molar-refractivity contribution in [3.63, 3.8) is 0 Å². The summed E-state index contributed by atoms with van der Waals surface area (Å²) in [4.78, 5) is 29.9. The number of likely N-dealkylation sites (N-methyl/N-ethyl adjacent to an activating group) is 1. The van der Waals surface area contributed by atoms with E-state index < -0.39 is 0 Å². The highest BCUT2D eigenvalue weighted by atomic mass is 32.2. The molecule has 2 aromatic carbocycles. The minimum absolute atomic E-state index is 0.105. The highest BCUT2D eigenvalue weighted by molar-refractivity contribution is 8.18. The predicted molar refractivity (Wildman–Crippen MR) is 149 cm³/mol. The number of nitrogens with one attached hydrogen (secondary N) is 1. The summed E-state index contributed by atoms with van der Waals surface area (Å²) in [6.07, 6.45) is 1.76. The molecule has 2 saturated heterocycles. The van der Waals surface area contributed by atoms with Gasteiger partial charge in [0.1, 0.15) is 5.76 Å². The SMILES string of the molecule is Cc1ccc2nc(Sc3ccc(/C=C4\SC(=Nc5ccc(N6CCOCC6)cc5)N(C)C4=O)o3)[nH]c2c1. The zero-order valence-electron chi connectivity index (χ0n) is 20.4. The summed E-state index contributed by atoms with van der Waals surface area (Å²) in [5.74, 6) is 0.502. The number of anilines is 1. The van der Waals surface area contributed by atoms with Crippen LogP contribution >= 0.6 is 23.5 Å². The number of rotatable bonds is 5. The largest absolute Gasteiger partial charge is 0.450 e. The van der Waals surface area contributed by atoms with Crippen molar-refractivity contribution in [1.82, 2.24) is 14.9 Å². The highest BCUT2D eigenvalue weighted by Gasteiger charge is 2.30. The van der Waals surface area contributed by atoms with Gasteiger partial charge in [-0.3, -0.25) is 9.69 Å². The van der Waals surface area contributed by atoms with Crippen LogP contribution in [0.1, 0.15) is 11.3 Å². The Morgan fingerprint density at radius 2 is 1.92 bits per heavy atom. The van der Waals surface area contributed by atoms with Crippen LogP contribution in [-0.4, -0.2) is 59.3 Å². The van der Waals surface area contributed by atoms with Crippen molar-refractivity contribution in [3.8, 4) is 0 Å². The number of H-pyrrole nitrogens is 1. The Balaban J connectivity index is 1.15. The zero-order chi connectivity index (χ0) is 25.4. The van der Waals surface area contributed by atoms with Gasteiger partial charge in [-0.15, -0.1) is 0 Å². The van der Waals surface area contributed by atoms with Crippen LogP contribution in [0.3, 0.4) is 0 Å². The Hall–Kier alpha value is -3.47. The summed E-state index contributed by atoms with van der Waals surface area (Å²) >= 11 is 2.76. The molecule has 1 N–H and O–H groups in total. The van der Waals surface area contributed by atoms with Crippen LogP contribution in [0.5, 0.6) is 0 Å². The van der Waals surface area contributed by atoms with E-state index in [0.717, 1.165) is 53.9 Å². The Morgan fingerprint density at radius 3 is 2.73 bits per heavy atom. The van der Waals surface area contributed by atoms with E-state index in [1.54, 1.807) is 18.0 Å². The molecule has 0 atom stereocenters. The molecule has 0 aliphatic carbocycles. The maximum atomic E-state index is 12.9. The van der Waals surface area contributed by atoms with Crippen molar-refractivity contribution in [3.05, 3.63) is 70.8 Å². The molecule has 1 amide bonds. The van der Waals surface area contributed by atoms with Crippen molar-refractivity contribution >= 4 is 63.1 Å². The number of hydrogen-bond donors (Lipinski definition) is 1. The van der Waals surface area contributed by atoms with Crippen LogP contribution in [0.15, 0.2) is 79.2 Å². The molecule has 2 aliphatic heterocycles. The number of aliphatic imine (C=N–C) groups is 1. The summed E-state index contributed by atoms with van der Waals surface area (Å²) in [5.41, 5.74) is 5.05. The molecule has 2 fully saturated rings. The topological polar surface area (TPSA) is 87.0 Å². The number of fused-ring (bicyclic) bond motifs is 1. The maximum Gasteiger partial charge on any atom is 0.266 e. The Kier molecular flexibility index (Phi) is 6.54. The Labute approximate surface area is 222 Å². The number of morpholine rings is 1. The van der Waals surface area contributed by atoms with E-state index in [4.69, 9.17) is 14.1 Å². The van der Waals surface area contributed by atoms with Crippen LogP contribution in [0.4, 0.5) is 11.4 Å². The van der Waals surface area contributed by atoms with E-state index in [-0.39, 0.29) is 5.91 Å². The molecule has 2 aliphatic rings. The first kappa shape index (κ1) is 23.9. The lowest BCUT2D eigenvalue weighted by Gasteiger charge is -2.28. The lowest BCUT2D eigenvalue weighted by molar-refractivity contribution is -0.121. The molecule has 37 heavy (non-hydrogen) atoms. The first-order valence-corrected chi connectivity index (χ1v) is 13.6. The second-order valence-corrected chi connectivity index (χ2v) is 10.8. The van der Waals surface area contributed by atoms with E-state index in [1.165, 1.54) is 29.1 Å². The number of ether oxygens (including phenoxy) is 1. The van der Waals surface area contributed by atoms with E-state index in [2.05, 4.69) is 40.0 Å². The summed E-state index contributed by atoms with van der Waals surface area (Å²) < 4.78 is 11.4. The number of nitrogens with zero attached hydrogens (tertiary/aromatic N) is 4. The van der Waals surface area contributed by atoms with E-state index in [1.807, 2.05) is 36.4 Å². The molecule has 8 nitrogen and oxygen atoms in total. The fourth-order valence-corrected chi connectivity index (χ4v) is 5.90. The average Bonchev–Trinajstić information content (AvgIpc) is 3.59. The number of imidazole rings is 1. The summed E-state index contributed by atoms with van der Waals surface area (Å²) in [5, 5.41) is 2.09. The second-order valence-electron chi connectivity index (χ2n) is 8.81. The van der Waals surface area contributed by atoms with Crippen LogP contribution in [0.2, 0.25) is 0 Å². The molecule has 4 heterocycles. The van der Waals surface area contributed by atoms with Gasteiger partial charge in [-0.05, 0) is 84.5 Å². The van der Waals surface area contributed by atoms with Gasteiger partial charge < -0.3 is 19.0 Å². The number of carbonyl (C=O) groups excluding carboxylic acids is 1. The van der Waals surface area contributed by atoms with Gasteiger partial charge in [-0.25, -0.2) is 9.98 Å². The lowest BCUT2D eigenvalue weighted by atomic mass is 10.2. The van der Waals surface area contributed by atoms with Gasteiger partial charge in [0.25, 0.3) is 5.91 Å². The number of hydrogen-bond acceptors (Lipinski definition) is 8. The number of amidine groups is 1. The van der Waals surface area contributed by atoms with Crippen molar-refractivity contribution < 1.29 is 13.9 Å². The number of aromatic amines is 1. The number of furan rings is 1. The molecular weight excluding hydrogens is 506 g/mol. The molecule has 0 spiro atoms. The second kappa shape index (κ2) is 10.1. The quantitative estimate of drug-likeness (QED) is 0.331. The van der Waals surface area contributed by atoms with Crippen LogP contribution in [0, 0.1) is 6.92 Å². The number of benzene rings is 2. The number of aromatic nitrogens is 2. The highest BCUT2D eigenvalue weighted by Crippen LogP contribution is 2.35. The van der Waals surface area contributed by atoms with Crippen LogP contribution in [0.25, 0.3) is 17.1 Å². The fourth-order valence-electron chi connectivity index (χ4n) is 4.16. The molecule has 0 radical (unpaired) electrons. The maximum absolute atomic E-state index is 12.9. The summed E-state index contributed by atoms with van der Waals surface area (Å²) in [7, 11) is 1.74. The predicted octanol–water partition coefficient (Wildman–Crippen LogP) is 5.69. The van der Waals surface area contributed by atoms with Gasteiger partial charge in [0.2, 0.25) is 0 Å². The van der Waals surface area contributed by atoms with Gasteiger partial charge in [0.05, 0.1) is 34.8 Å². The van der Waals surface area contributed by atoms with Crippen molar-refractivity contribution in [1.29, 1.82) is 0 Å². The standard InChI is InChI=1S/C27H25N5O3S2/c1-17-3-9-21-22(15-17)30-26(29-21)37-24-10-8-20(35-24)16-23-25(33)31(2)27(36-23)28-18-4-6-19(7-5-18)32-11-13-34-14-12-32/h3-10,15-16H,11-14H2,1-2H3,(H,29,30)/b23-16-,28-27?. The van der Waals surface area contributed by atoms with E-state index in [0.29, 0.717) is 20.9 Å². The van der Waals surface area contributed by atoms with E-state index in [9.17, 15) is 4.79 Å². The van der Waals surface area contributed by atoms with Gasteiger partial charge in [0.15, 0.2) is 15.4 Å². The van der Waals surface area contributed by atoms with Gasteiger partial charge in [-0.1, -0.05) is 6.07 Å². The Bertz CT molecular complexity index is 1520. The third-order valence-corrected chi connectivity index (χ3v) is 8.01. The molecular formula is C27H25N5O3S2. The number of amides is 1. The molecule has 10 heteroatoms. The minimum atomic E-state index is -0.105. The molecule has 188 valence electrons. The number of carbonyl (C=O) groups is 1. The molecule has 0 unspecified atom stereocenters. The first-order valence-electron chi connectivity index (χ1n) is 11.9. The minimum Gasteiger partial charge on any atom is -0.450 e. The molecule has 4 aromatic rings. The zero-order valence-corrected chi connectivity index (χ0v) is 22.1. The monoisotopic (exact) mass is 531 g/mol. The lowest BCUT2D eigenvalue weighted by Crippen LogP contribution is -2.36. The molecule has 6 rings (SSSR count). The number of thioether (sulfide) groups is 1. The van der Waals surface area contributed by atoms with Crippen LogP contribution in [-0.2, 0) is 9.53 Å². The van der Waals surface area contributed by atoms with Crippen molar-refractivity contribution in [2.45, 2.75) is 17.2 Å². The smallest absolute Gasteiger partial charge is 0.266 e. The Morgan fingerprint density at radius 1 is 1.11 bits per heavy atom. The average molecular weight is 532 g/mol. The summed E-state index contributed by atoms with van der Waals surface area (Å²) in [6, 6.07) is 17.9. The first-order chi connectivity index (χ1) is 18.0. The van der Waals surface area contributed by atoms with Crippen molar-refractivity contribution in [2.75, 3.05) is 38.3 Å². The van der Waals surface area contributed by atoms with Gasteiger partial charge in [-0.2, -0.15) is 0 Å². The van der Waals surface area contributed by atoms with E-state index >= 15 is 0 Å². The fraction of sp³-hybridized carbons (Fsp3) is 0.222. The van der Waals surface area contributed by atoms with Crippen molar-refractivity contribution in [2.24, 2.45) is 4.99 Å². The van der Waals surface area contributed by atoms with Crippen LogP contribution < -0.4 is 4.90 Å². The van der Waals surface area contributed by atoms with Gasteiger partial charge in [0, 0.05) is 31.9 Å². The number of aryl methyl sites for hydroxylation is 1.